The lowest BCUT2D eigenvalue weighted by Crippen LogP contribution is -1.91. The van der Waals surface area contributed by atoms with Gasteiger partial charge in [0.2, 0.25) is 0 Å². The number of carbonyl (C=O) groups excluding carboxylic acids is 1. The van der Waals surface area contributed by atoms with Gasteiger partial charge in [0.05, 0.1) is 19.9 Å². The van der Waals surface area contributed by atoms with Crippen molar-refractivity contribution >= 4 is 22.6 Å². The molecule has 0 atom stereocenters. The van der Waals surface area contributed by atoms with E-state index in [-0.39, 0.29) is 0 Å². The maximum Gasteiger partial charge on any atom is 0.194 e. The number of rotatable bonds is 4. The molecule has 2 aromatic heterocycles. The molecule has 1 aromatic carbocycles. The maximum absolute atomic E-state index is 10.8. The molecular weight excluding hydrogens is 276 g/mol. The molecule has 0 saturated carbocycles. The number of ether oxygens (including phenoxy) is 2. The Morgan fingerprint density at radius 3 is 2.75 bits per heavy atom. The second-order valence-corrected chi connectivity index (χ2v) is 4.96. The molecule has 6 heteroatoms. The SMILES string of the molecule is COc1ccc(-c2csc3nc(C=O)cn23)cc1OC. The molecule has 0 radical (unpaired) electrons. The van der Waals surface area contributed by atoms with Crippen molar-refractivity contribution in [3.05, 3.63) is 35.5 Å². The van der Waals surface area contributed by atoms with E-state index in [1.807, 2.05) is 28.0 Å². The van der Waals surface area contributed by atoms with Crippen molar-refractivity contribution in [2.75, 3.05) is 14.2 Å². The number of benzene rings is 1. The third kappa shape index (κ3) is 1.94. The first-order chi connectivity index (χ1) is 9.76. The fraction of sp³-hybridized carbons (Fsp3) is 0.143. The molecule has 0 saturated heterocycles. The predicted octanol–water partition coefficient (Wildman–Crippen LogP) is 2.89. The van der Waals surface area contributed by atoms with Crippen LogP contribution in [0.4, 0.5) is 0 Å². The minimum Gasteiger partial charge on any atom is -0.493 e. The number of fused-ring (bicyclic) bond motifs is 1. The summed E-state index contributed by atoms with van der Waals surface area (Å²) >= 11 is 1.49. The zero-order chi connectivity index (χ0) is 14.1. The largest absolute Gasteiger partial charge is 0.493 e. The first-order valence-electron chi connectivity index (χ1n) is 5.91. The first-order valence-corrected chi connectivity index (χ1v) is 6.79. The molecule has 0 aliphatic carbocycles. The molecule has 0 spiro atoms. The van der Waals surface area contributed by atoms with Crippen LogP contribution in [0.2, 0.25) is 0 Å². The zero-order valence-corrected chi connectivity index (χ0v) is 11.8. The Kier molecular flexibility index (Phi) is 3.15. The van der Waals surface area contributed by atoms with E-state index in [4.69, 9.17) is 9.47 Å². The summed E-state index contributed by atoms with van der Waals surface area (Å²) in [6.45, 7) is 0. The number of thiazole rings is 1. The summed E-state index contributed by atoms with van der Waals surface area (Å²) in [5.74, 6) is 1.35. The number of nitrogens with zero attached hydrogens (tertiary/aromatic N) is 2. The Balaban J connectivity index is 2.14. The Morgan fingerprint density at radius 2 is 2.05 bits per heavy atom. The second-order valence-electron chi connectivity index (χ2n) is 4.13. The van der Waals surface area contributed by atoms with Gasteiger partial charge in [-0.3, -0.25) is 9.20 Å². The second kappa shape index (κ2) is 4.97. The Morgan fingerprint density at radius 1 is 1.25 bits per heavy atom. The molecule has 0 aliphatic heterocycles. The number of hydrogen-bond donors (Lipinski definition) is 0. The van der Waals surface area contributed by atoms with Gasteiger partial charge in [0, 0.05) is 17.1 Å². The molecule has 3 aromatic rings. The van der Waals surface area contributed by atoms with Crippen molar-refractivity contribution < 1.29 is 14.3 Å². The highest BCUT2D eigenvalue weighted by atomic mass is 32.1. The highest BCUT2D eigenvalue weighted by Gasteiger charge is 2.12. The van der Waals surface area contributed by atoms with E-state index < -0.39 is 0 Å². The molecule has 0 unspecified atom stereocenters. The monoisotopic (exact) mass is 288 g/mol. The van der Waals surface area contributed by atoms with E-state index in [0.29, 0.717) is 17.2 Å². The number of imidazole rings is 1. The average molecular weight is 288 g/mol. The molecule has 5 nitrogen and oxygen atoms in total. The fourth-order valence-corrected chi connectivity index (χ4v) is 2.95. The minimum absolute atomic E-state index is 0.429. The van der Waals surface area contributed by atoms with Crippen molar-refractivity contribution in [3.63, 3.8) is 0 Å². The van der Waals surface area contributed by atoms with Crippen LogP contribution in [0, 0.1) is 0 Å². The molecule has 0 fully saturated rings. The summed E-state index contributed by atoms with van der Waals surface area (Å²) in [7, 11) is 3.21. The normalized spacial score (nSPS) is 10.7. The van der Waals surface area contributed by atoms with E-state index >= 15 is 0 Å². The van der Waals surface area contributed by atoms with Crippen LogP contribution >= 0.6 is 11.3 Å². The van der Waals surface area contributed by atoms with E-state index in [0.717, 1.165) is 22.5 Å². The van der Waals surface area contributed by atoms with Gasteiger partial charge in [0.1, 0.15) is 5.69 Å². The summed E-state index contributed by atoms with van der Waals surface area (Å²) in [6, 6.07) is 5.71. The molecule has 2 heterocycles. The highest BCUT2D eigenvalue weighted by Crippen LogP contribution is 2.34. The van der Waals surface area contributed by atoms with E-state index in [9.17, 15) is 4.79 Å². The standard InChI is InChI=1S/C14H12N2O3S/c1-18-12-4-3-9(5-13(12)19-2)11-8-20-14-15-10(7-17)6-16(11)14/h3-8H,1-2H3. The third-order valence-electron chi connectivity index (χ3n) is 3.03. The smallest absolute Gasteiger partial charge is 0.194 e. The van der Waals surface area contributed by atoms with Gasteiger partial charge >= 0.3 is 0 Å². The number of methoxy groups -OCH3 is 2. The summed E-state index contributed by atoms with van der Waals surface area (Å²) in [4.78, 5) is 15.8. The summed E-state index contributed by atoms with van der Waals surface area (Å²) in [5.41, 5.74) is 2.37. The number of hydrogen-bond acceptors (Lipinski definition) is 5. The van der Waals surface area contributed by atoms with Crippen molar-refractivity contribution in [1.29, 1.82) is 0 Å². The van der Waals surface area contributed by atoms with Crippen LogP contribution in [0.15, 0.2) is 29.8 Å². The number of carbonyl (C=O) groups is 1. The van der Waals surface area contributed by atoms with Gasteiger partial charge in [-0.1, -0.05) is 0 Å². The predicted molar refractivity (Wildman–Crippen MR) is 77.0 cm³/mol. The quantitative estimate of drug-likeness (QED) is 0.693. The summed E-state index contributed by atoms with van der Waals surface area (Å²) in [5, 5.41) is 2.00. The van der Waals surface area contributed by atoms with Crippen molar-refractivity contribution in [2.45, 2.75) is 0 Å². The van der Waals surface area contributed by atoms with Gasteiger partial charge in [-0.05, 0) is 18.2 Å². The highest BCUT2D eigenvalue weighted by molar-refractivity contribution is 7.15. The molecular formula is C14H12N2O3S. The van der Waals surface area contributed by atoms with E-state index in [2.05, 4.69) is 4.98 Å². The lowest BCUT2D eigenvalue weighted by Gasteiger charge is -2.09. The fourth-order valence-electron chi connectivity index (χ4n) is 2.06. The number of aromatic nitrogens is 2. The van der Waals surface area contributed by atoms with Gasteiger partial charge in [-0.15, -0.1) is 11.3 Å². The van der Waals surface area contributed by atoms with Gasteiger partial charge < -0.3 is 9.47 Å². The lowest BCUT2D eigenvalue weighted by atomic mass is 10.1. The lowest BCUT2D eigenvalue weighted by molar-refractivity contribution is 0.111. The molecule has 3 rings (SSSR count). The van der Waals surface area contributed by atoms with Crippen LogP contribution in [0.1, 0.15) is 10.5 Å². The Hall–Kier alpha value is -2.34. The number of aldehydes is 1. The molecule has 102 valence electrons. The average Bonchev–Trinajstić information content (AvgIpc) is 3.06. The molecule has 0 bridgehead atoms. The zero-order valence-electron chi connectivity index (χ0n) is 11.0. The van der Waals surface area contributed by atoms with Crippen molar-refractivity contribution in [1.82, 2.24) is 9.38 Å². The molecule has 20 heavy (non-hydrogen) atoms. The van der Waals surface area contributed by atoms with Crippen LogP contribution < -0.4 is 9.47 Å². The topological polar surface area (TPSA) is 52.8 Å². The third-order valence-corrected chi connectivity index (χ3v) is 3.87. The molecule has 0 aliphatic rings. The summed E-state index contributed by atoms with van der Waals surface area (Å²) < 4.78 is 12.4. The first kappa shape index (κ1) is 12.7. The molecule has 0 amide bonds. The van der Waals surface area contributed by atoms with Gasteiger partial charge in [-0.2, -0.15) is 0 Å². The Bertz CT molecular complexity index is 776. The van der Waals surface area contributed by atoms with Crippen molar-refractivity contribution in [2.24, 2.45) is 0 Å². The molecule has 0 N–H and O–H groups in total. The van der Waals surface area contributed by atoms with E-state index in [1.54, 1.807) is 20.4 Å². The van der Waals surface area contributed by atoms with Crippen LogP contribution in [0.25, 0.3) is 16.2 Å². The Labute approximate surface area is 119 Å². The van der Waals surface area contributed by atoms with Crippen molar-refractivity contribution in [3.8, 4) is 22.8 Å². The maximum atomic E-state index is 10.8. The van der Waals surface area contributed by atoms with Crippen LogP contribution in [-0.4, -0.2) is 29.9 Å². The van der Waals surface area contributed by atoms with Crippen LogP contribution in [-0.2, 0) is 0 Å². The van der Waals surface area contributed by atoms with Gasteiger partial charge in [0.25, 0.3) is 0 Å². The van der Waals surface area contributed by atoms with Crippen LogP contribution in [0.3, 0.4) is 0 Å². The summed E-state index contributed by atoms with van der Waals surface area (Å²) in [6.07, 6.45) is 2.48. The van der Waals surface area contributed by atoms with E-state index in [1.165, 1.54) is 11.3 Å². The van der Waals surface area contributed by atoms with Gasteiger partial charge in [-0.25, -0.2) is 4.98 Å². The van der Waals surface area contributed by atoms with Gasteiger partial charge in [0.15, 0.2) is 22.7 Å². The minimum atomic E-state index is 0.429. The van der Waals surface area contributed by atoms with Crippen LogP contribution in [0.5, 0.6) is 11.5 Å².